The van der Waals surface area contributed by atoms with Gasteiger partial charge in [0.25, 0.3) is 0 Å². The normalized spacial score (nSPS) is 11.5. The van der Waals surface area contributed by atoms with E-state index in [-0.39, 0.29) is 18.4 Å². The SMILES string of the molecule is CC(C)(C)OC(=O)N(CCO)c1nc(Cl)nc2ccccc12. The largest absolute Gasteiger partial charge is 0.443 e. The third-order valence-electron chi connectivity index (χ3n) is 2.75. The summed E-state index contributed by atoms with van der Waals surface area (Å²) in [5.41, 5.74) is -0.0405. The Bertz CT molecular complexity index is 685. The van der Waals surface area contributed by atoms with Gasteiger partial charge in [-0.15, -0.1) is 0 Å². The van der Waals surface area contributed by atoms with Crippen molar-refractivity contribution in [2.75, 3.05) is 18.1 Å². The molecular weight excluding hydrogens is 306 g/mol. The van der Waals surface area contributed by atoms with E-state index in [1.807, 2.05) is 12.1 Å². The Morgan fingerprint density at radius 3 is 2.64 bits per heavy atom. The second kappa shape index (κ2) is 6.46. The van der Waals surface area contributed by atoms with Crippen LogP contribution in [0.1, 0.15) is 20.8 Å². The molecule has 1 amide bonds. The van der Waals surface area contributed by atoms with Gasteiger partial charge < -0.3 is 9.84 Å². The molecule has 1 N–H and O–H groups in total. The molecule has 0 atom stereocenters. The molecule has 0 radical (unpaired) electrons. The Kier molecular flexibility index (Phi) is 4.83. The van der Waals surface area contributed by atoms with Gasteiger partial charge in [0, 0.05) is 5.39 Å². The van der Waals surface area contributed by atoms with E-state index in [2.05, 4.69) is 9.97 Å². The number of anilines is 1. The maximum absolute atomic E-state index is 12.4. The number of fused-ring (bicyclic) bond motifs is 1. The minimum atomic E-state index is -0.655. The van der Waals surface area contributed by atoms with Crippen LogP contribution < -0.4 is 4.90 Å². The first-order valence-electron chi connectivity index (χ1n) is 6.85. The number of halogens is 1. The molecule has 0 fully saturated rings. The van der Waals surface area contributed by atoms with E-state index in [0.29, 0.717) is 16.7 Å². The molecule has 22 heavy (non-hydrogen) atoms. The van der Waals surface area contributed by atoms with Crippen molar-refractivity contribution in [2.45, 2.75) is 26.4 Å². The topological polar surface area (TPSA) is 75.5 Å². The van der Waals surface area contributed by atoms with E-state index in [1.165, 1.54) is 4.90 Å². The Balaban J connectivity index is 2.51. The van der Waals surface area contributed by atoms with E-state index in [0.717, 1.165) is 0 Å². The average molecular weight is 324 g/mol. The first kappa shape index (κ1) is 16.5. The summed E-state index contributed by atoms with van der Waals surface area (Å²) in [5, 5.41) is 9.95. The fraction of sp³-hybridized carbons (Fsp3) is 0.400. The molecule has 2 aromatic rings. The van der Waals surface area contributed by atoms with Gasteiger partial charge in [-0.05, 0) is 44.5 Å². The van der Waals surface area contributed by atoms with Gasteiger partial charge in [0.2, 0.25) is 5.28 Å². The molecule has 0 saturated carbocycles. The third-order valence-corrected chi connectivity index (χ3v) is 2.92. The molecule has 0 spiro atoms. The Labute approximate surface area is 133 Å². The number of amides is 1. The van der Waals surface area contributed by atoms with E-state index in [1.54, 1.807) is 32.9 Å². The number of carbonyl (C=O) groups is 1. The molecule has 0 aliphatic rings. The van der Waals surface area contributed by atoms with Gasteiger partial charge in [0.1, 0.15) is 5.60 Å². The first-order valence-corrected chi connectivity index (χ1v) is 7.23. The Hall–Kier alpha value is -1.92. The van der Waals surface area contributed by atoms with E-state index >= 15 is 0 Å². The summed E-state index contributed by atoms with van der Waals surface area (Å²) < 4.78 is 5.37. The van der Waals surface area contributed by atoms with Crippen LogP contribution in [0, 0.1) is 0 Å². The molecule has 0 aliphatic carbocycles. The van der Waals surface area contributed by atoms with Crippen LogP contribution >= 0.6 is 11.6 Å². The number of rotatable bonds is 3. The first-order chi connectivity index (χ1) is 10.3. The predicted octanol–water partition coefficient (Wildman–Crippen LogP) is 3.02. The van der Waals surface area contributed by atoms with Crippen molar-refractivity contribution in [3.8, 4) is 0 Å². The fourth-order valence-electron chi connectivity index (χ4n) is 1.94. The summed E-state index contributed by atoms with van der Waals surface area (Å²) in [6.45, 7) is 5.13. The van der Waals surface area contributed by atoms with E-state index in [9.17, 15) is 9.90 Å². The Morgan fingerprint density at radius 1 is 1.32 bits per heavy atom. The molecule has 1 aromatic carbocycles. The molecule has 6 nitrogen and oxygen atoms in total. The standard InChI is InChI=1S/C15H18ClN3O3/c1-15(2,3)22-14(21)19(8-9-20)12-10-6-4-5-7-11(10)17-13(16)18-12/h4-7,20H,8-9H2,1-3H3. The molecule has 0 saturated heterocycles. The number of aliphatic hydroxyl groups is 1. The molecule has 118 valence electrons. The number of benzene rings is 1. The number of ether oxygens (including phenoxy) is 1. The van der Waals surface area contributed by atoms with Crippen LogP contribution in [0.15, 0.2) is 24.3 Å². The zero-order valence-electron chi connectivity index (χ0n) is 12.7. The number of nitrogens with zero attached hydrogens (tertiary/aromatic N) is 3. The lowest BCUT2D eigenvalue weighted by atomic mass is 10.2. The fourth-order valence-corrected chi connectivity index (χ4v) is 2.11. The van der Waals surface area contributed by atoms with E-state index < -0.39 is 11.7 Å². The highest BCUT2D eigenvalue weighted by Gasteiger charge is 2.25. The molecule has 7 heteroatoms. The maximum atomic E-state index is 12.4. The maximum Gasteiger partial charge on any atom is 0.416 e. The van der Waals surface area contributed by atoms with Gasteiger partial charge >= 0.3 is 6.09 Å². The van der Waals surface area contributed by atoms with Crippen molar-refractivity contribution in [1.29, 1.82) is 0 Å². The van der Waals surface area contributed by atoms with Gasteiger partial charge in [-0.2, -0.15) is 4.98 Å². The van der Waals surface area contributed by atoms with Crippen LogP contribution in [0.3, 0.4) is 0 Å². The highest BCUT2D eigenvalue weighted by Crippen LogP contribution is 2.26. The van der Waals surface area contributed by atoms with Gasteiger partial charge in [-0.3, -0.25) is 4.90 Å². The predicted molar refractivity (Wildman–Crippen MR) is 85.2 cm³/mol. The van der Waals surface area contributed by atoms with Crippen LogP contribution in [-0.2, 0) is 4.74 Å². The number of aliphatic hydroxyl groups excluding tert-OH is 1. The average Bonchev–Trinajstić information content (AvgIpc) is 2.42. The van der Waals surface area contributed by atoms with E-state index in [4.69, 9.17) is 16.3 Å². The van der Waals surface area contributed by atoms with Crippen LogP contribution in [0.4, 0.5) is 10.6 Å². The summed E-state index contributed by atoms with van der Waals surface area (Å²) >= 11 is 5.94. The van der Waals surface area contributed by atoms with Gasteiger partial charge in [0.05, 0.1) is 18.7 Å². The van der Waals surface area contributed by atoms with Crippen molar-refractivity contribution >= 4 is 34.4 Å². The highest BCUT2D eigenvalue weighted by molar-refractivity contribution is 6.29. The number of hydrogen-bond acceptors (Lipinski definition) is 5. The minimum absolute atomic E-state index is 0.0280. The van der Waals surface area contributed by atoms with Crippen molar-refractivity contribution in [3.05, 3.63) is 29.5 Å². The monoisotopic (exact) mass is 323 g/mol. The van der Waals surface area contributed by atoms with Crippen molar-refractivity contribution in [3.63, 3.8) is 0 Å². The summed E-state index contributed by atoms with van der Waals surface area (Å²) in [6.07, 6.45) is -0.596. The number of carbonyl (C=O) groups excluding carboxylic acids is 1. The smallest absolute Gasteiger partial charge is 0.416 e. The summed E-state index contributed by atoms with van der Waals surface area (Å²) in [7, 11) is 0. The zero-order chi connectivity index (χ0) is 16.3. The van der Waals surface area contributed by atoms with Crippen LogP contribution in [0.25, 0.3) is 10.9 Å². The molecule has 0 bridgehead atoms. The van der Waals surface area contributed by atoms with Crippen LogP contribution in [0.2, 0.25) is 5.28 Å². The summed E-state index contributed by atoms with van der Waals surface area (Å²) in [6, 6.07) is 7.20. The van der Waals surface area contributed by atoms with Crippen LogP contribution in [-0.4, -0.2) is 39.9 Å². The minimum Gasteiger partial charge on any atom is -0.443 e. The lowest BCUT2D eigenvalue weighted by Gasteiger charge is -2.27. The van der Waals surface area contributed by atoms with Crippen molar-refractivity contribution in [2.24, 2.45) is 0 Å². The third kappa shape index (κ3) is 3.84. The van der Waals surface area contributed by atoms with Crippen molar-refractivity contribution in [1.82, 2.24) is 9.97 Å². The number of para-hydroxylation sites is 1. The molecule has 1 aromatic heterocycles. The molecule has 0 unspecified atom stereocenters. The summed E-state index contributed by atoms with van der Waals surface area (Å²) in [5.74, 6) is 0.318. The zero-order valence-corrected chi connectivity index (χ0v) is 13.5. The quantitative estimate of drug-likeness (QED) is 0.879. The highest BCUT2D eigenvalue weighted by atomic mass is 35.5. The summed E-state index contributed by atoms with van der Waals surface area (Å²) in [4.78, 5) is 21.9. The second-order valence-corrected chi connectivity index (χ2v) is 6.03. The van der Waals surface area contributed by atoms with Gasteiger partial charge in [-0.1, -0.05) is 12.1 Å². The number of aromatic nitrogens is 2. The molecule has 1 heterocycles. The molecular formula is C15H18ClN3O3. The van der Waals surface area contributed by atoms with Crippen molar-refractivity contribution < 1.29 is 14.6 Å². The Morgan fingerprint density at radius 2 is 2.00 bits per heavy atom. The van der Waals surface area contributed by atoms with Gasteiger partial charge in [0.15, 0.2) is 5.82 Å². The second-order valence-electron chi connectivity index (χ2n) is 5.69. The lowest BCUT2D eigenvalue weighted by Crippen LogP contribution is -2.39. The van der Waals surface area contributed by atoms with Gasteiger partial charge in [-0.25, -0.2) is 9.78 Å². The molecule has 2 rings (SSSR count). The lowest BCUT2D eigenvalue weighted by molar-refractivity contribution is 0.0572. The van der Waals surface area contributed by atoms with Crippen LogP contribution in [0.5, 0.6) is 0 Å². The molecule has 0 aliphatic heterocycles. The number of hydrogen-bond donors (Lipinski definition) is 1.